The van der Waals surface area contributed by atoms with Gasteiger partial charge in [-0.15, -0.1) is 0 Å². The minimum atomic E-state index is -3.05. The first-order chi connectivity index (χ1) is 11.7. The van der Waals surface area contributed by atoms with Crippen LogP contribution in [0.1, 0.15) is 23.1 Å². The smallest absolute Gasteiger partial charge is 0.241 e. The van der Waals surface area contributed by atoms with Gasteiger partial charge in [0.05, 0.1) is 30.2 Å². The molecule has 2 aromatic rings. The monoisotopic (exact) mass is 364 g/mol. The molecule has 1 aliphatic rings. The van der Waals surface area contributed by atoms with E-state index in [1.54, 1.807) is 30.4 Å². The van der Waals surface area contributed by atoms with Gasteiger partial charge in [-0.2, -0.15) is 0 Å². The molecule has 1 aromatic heterocycles. The molecule has 0 bridgehead atoms. The van der Waals surface area contributed by atoms with Gasteiger partial charge in [-0.05, 0) is 43.5 Å². The van der Waals surface area contributed by atoms with Gasteiger partial charge in [0.1, 0.15) is 5.58 Å². The maximum absolute atomic E-state index is 12.9. The summed E-state index contributed by atoms with van der Waals surface area (Å²) in [6.45, 7) is 4.05. The summed E-state index contributed by atoms with van der Waals surface area (Å²) in [5.74, 6) is 0.0528. The molecule has 1 amide bonds. The molecular weight excluding hydrogens is 340 g/mol. The van der Waals surface area contributed by atoms with E-state index in [1.807, 2.05) is 26.0 Å². The Morgan fingerprint density at radius 2 is 1.92 bits per heavy atom. The van der Waals surface area contributed by atoms with E-state index < -0.39 is 9.84 Å². The number of furan rings is 1. The third-order valence-electron chi connectivity index (χ3n) is 4.85. The van der Waals surface area contributed by atoms with Gasteiger partial charge in [0.15, 0.2) is 9.84 Å². The lowest BCUT2D eigenvalue weighted by Crippen LogP contribution is -2.49. The number of rotatable bonds is 4. The van der Waals surface area contributed by atoms with Crippen LogP contribution in [0.5, 0.6) is 0 Å². The van der Waals surface area contributed by atoms with Crippen LogP contribution < -0.4 is 0 Å². The minimum Gasteiger partial charge on any atom is -0.464 e. The van der Waals surface area contributed by atoms with Gasteiger partial charge in [-0.25, -0.2) is 13.4 Å². The molecule has 0 radical (unpaired) electrons. The molecule has 1 fully saturated rings. The minimum absolute atomic E-state index is 0.0291. The summed E-state index contributed by atoms with van der Waals surface area (Å²) in [6.07, 6.45) is 2.29. The maximum atomic E-state index is 12.9. The molecule has 1 aromatic carbocycles. The van der Waals surface area contributed by atoms with E-state index >= 15 is 0 Å². The van der Waals surface area contributed by atoms with Gasteiger partial charge >= 0.3 is 0 Å². The molecule has 1 aliphatic heterocycles. The highest BCUT2D eigenvalue weighted by Crippen LogP contribution is 2.26. The van der Waals surface area contributed by atoms with Crippen LogP contribution in [0, 0.1) is 13.8 Å². The van der Waals surface area contributed by atoms with Crippen molar-refractivity contribution < 1.29 is 17.6 Å². The number of sulfone groups is 1. The van der Waals surface area contributed by atoms with E-state index in [0.717, 1.165) is 27.7 Å². The molecule has 3 rings (SSSR count). The zero-order chi connectivity index (χ0) is 18.4. The van der Waals surface area contributed by atoms with Crippen LogP contribution in [-0.4, -0.2) is 56.0 Å². The van der Waals surface area contributed by atoms with Gasteiger partial charge in [0.25, 0.3) is 0 Å². The van der Waals surface area contributed by atoms with E-state index in [-0.39, 0.29) is 29.9 Å². The molecule has 0 saturated carbocycles. The Bertz CT molecular complexity index is 915. The predicted molar refractivity (Wildman–Crippen MR) is 97.0 cm³/mol. The number of amides is 1. The number of nitrogens with zero attached hydrogens (tertiary/aromatic N) is 2. The Hall–Kier alpha value is -1.86. The van der Waals surface area contributed by atoms with Crippen molar-refractivity contribution in [2.75, 3.05) is 25.6 Å². The van der Waals surface area contributed by atoms with Crippen LogP contribution in [0.2, 0.25) is 0 Å². The highest BCUT2D eigenvalue weighted by Gasteiger charge is 2.36. The molecule has 136 valence electrons. The predicted octanol–water partition coefficient (Wildman–Crippen LogP) is 2.08. The van der Waals surface area contributed by atoms with E-state index in [0.29, 0.717) is 6.42 Å². The quantitative estimate of drug-likeness (QED) is 0.777. The van der Waals surface area contributed by atoms with Gasteiger partial charge < -0.3 is 4.42 Å². The van der Waals surface area contributed by atoms with Crippen LogP contribution in [0.3, 0.4) is 0 Å². The van der Waals surface area contributed by atoms with Crippen LogP contribution >= 0.6 is 0 Å². The fourth-order valence-corrected chi connectivity index (χ4v) is 5.13. The van der Waals surface area contributed by atoms with Crippen LogP contribution in [0.15, 0.2) is 22.8 Å². The maximum Gasteiger partial charge on any atom is 0.241 e. The number of hydrogen-bond acceptors (Lipinski definition) is 5. The number of fused-ring (bicyclic) bond motifs is 1. The zero-order valence-corrected chi connectivity index (χ0v) is 15.9. The summed E-state index contributed by atoms with van der Waals surface area (Å²) < 4.78 is 29.2. The number of carbonyl (C=O) groups is 1. The fraction of sp³-hybridized carbons (Fsp3) is 0.500. The molecule has 0 spiro atoms. The second-order valence-corrected chi connectivity index (χ2v) is 9.24. The summed E-state index contributed by atoms with van der Waals surface area (Å²) >= 11 is 0. The Morgan fingerprint density at radius 3 is 2.52 bits per heavy atom. The second kappa shape index (κ2) is 6.46. The molecular formula is C18H24N2O4S. The third kappa shape index (κ3) is 3.57. The Morgan fingerprint density at radius 1 is 1.24 bits per heavy atom. The summed E-state index contributed by atoms with van der Waals surface area (Å²) in [6, 6.07) is 3.72. The highest BCUT2D eigenvalue weighted by molar-refractivity contribution is 7.91. The number of hydrogen-bond donors (Lipinski definition) is 0. The summed E-state index contributed by atoms with van der Waals surface area (Å²) in [5.41, 5.74) is 3.89. The molecule has 1 unspecified atom stereocenters. The Labute approximate surface area is 148 Å². The van der Waals surface area contributed by atoms with Crippen LogP contribution in [0.4, 0.5) is 0 Å². The average molecular weight is 364 g/mol. The van der Waals surface area contributed by atoms with E-state index in [9.17, 15) is 13.2 Å². The largest absolute Gasteiger partial charge is 0.464 e. The average Bonchev–Trinajstić information content (AvgIpc) is 3.03. The zero-order valence-electron chi connectivity index (χ0n) is 15.1. The third-order valence-corrected chi connectivity index (χ3v) is 6.60. The topological polar surface area (TPSA) is 70.8 Å². The summed E-state index contributed by atoms with van der Waals surface area (Å²) in [4.78, 5) is 12.9. The van der Waals surface area contributed by atoms with Crippen molar-refractivity contribution in [1.82, 2.24) is 10.0 Å². The normalized spacial score (nSPS) is 19.6. The fourth-order valence-electron chi connectivity index (χ4n) is 3.44. The van der Waals surface area contributed by atoms with Crippen molar-refractivity contribution in [3.05, 3.63) is 35.1 Å². The standard InChI is InChI=1S/C18H24N2O4S/c1-12-7-16-14(10-24-17(16)8-13(12)2)9-18(21)20(19(3)4)15-5-6-25(22,23)11-15/h7-8,10,15H,5-6,9,11H2,1-4H3. The number of carbonyl (C=O) groups excluding carboxylic acids is 1. The van der Waals surface area contributed by atoms with Crippen molar-refractivity contribution in [3.8, 4) is 0 Å². The Balaban J connectivity index is 1.86. The molecule has 7 heteroatoms. The second-order valence-electron chi connectivity index (χ2n) is 7.01. The van der Waals surface area contributed by atoms with Gasteiger partial charge in [-0.3, -0.25) is 9.80 Å². The lowest BCUT2D eigenvalue weighted by Gasteiger charge is -2.33. The number of aryl methyl sites for hydroxylation is 2. The highest BCUT2D eigenvalue weighted by atomic mass is 32.2. The van der Waals surface area contributed by atoms with Crippen molar-refractivity contribution >= 4 is 26.7 Å². The molecule has 0 aliphatic carbocycles. The van der Waals surface area contributed by atoms with Crippen LogP contribution in [0.25, 0.3) is 11.0 Å². The number of hydrazine groups is 1. The van der Waals surface area contributed by atoms with Gasteiger partial charge in [-0.1, -0.05) is 0 Å². The lowest BCUT2D eigenvalue weighted by atomic mass is 10.0. The first-order valence-electron chi connectivity index (χ1n) is 8.35. The number of benzene rings is 1. The molecule has 6 nitrogen and oxygen atoms in total. The SMILES string of the molecule is Cc1cc2occ(CC(=O)N(C3CCS(=O)(=O)C3)N(C)C)c2cc1C. The van der Waals surface area contributed by atoms with Crippen molar-refractivity contribution in [3.63, 3.8) is 0 Å². The van der Waals surface area contributed by atoms with Crippen molar-refractivity contribution in [2.45, 2.75) is 32.7 Å². The summed E-state index contributed by atoms with van der Waals surface area (Å²) in [7, 11) is 0.482. The molecule has 25 heavy (non-hydrogen) atoms. The lowest BCUT2D eigenvalue weighted by molar-refractivity contribution is -0.148. The first kappa shape index (κ1) is 17.9. The van der Waals surface area contributed by atoms with Crippen molar-refractivity contribution in [2.24, 2.45) is 0 Å². The van der Waals surface area contributed by atoms with E-state index in [2.05, 4.69) is 0 Å². The van der Waals surface area contributed by atoms with E-state index in [4.69, 9.17) is 4.42 Å². The molecule has 2 heterocycles. The molecule has 1 saturated heterocycles. The first-order valence-corrected chi connectivity index (χ1v) is 10.2. The van der Waals surface area contributed by atoms with Gasteiger partial charge in [0.2, 0.25) is 5.91 Å². The van der Waals surface area contributed by atoms with Crippen LogP contribution in [-0.2, 0) is 21.1 Å². The van der Waals surface area contributed by atoms with E-state index in [1.165, 1.54) is 0 Å². The Kier molecular flexibility index (Phi) is 4.64. The molecule has 0 N–H and O–H groups in total. The molecule has 1 atom stereocenters. The summed E-state index contributed by atoms with van der Waals surface area (Å²) in [5, 5.41) is 4.20. The van der Waals surface area contributed by atoms with Gasteiger partial charge in [0, 0.05) is 25.0 Å². The van der Waals surface area contributed by atoms with Crippen molar-refractivity contribution in [1.29, 1.82) is 0 Å².